The van der Waals surface area contributed by atoms with Crippen molar-refractivity contribution < 1.29 is 9.90 Å². The molecule has 3 rings (SSSR count). The molecule has 0 saturated carbocycles. The number of aromatic carboxylic acids is 1. The fourth-order valence-electron chi connectivity index (χ4n) is 2.72. The number of carbonyl (C=O) groups is 1. The van der Waals surface area contributed by atoms with Crippen LogP contribution in [0.5, 0.6) is 0 Å². The first-order valence-electron chi connectivity index (χ1n) is 7.57. The lowest BCUT2D eigenvalue weighted by atomic mass is 9.95. The van der Waals surface area contributed by atoms with Crippen molar-refractivity contribution in [3.63, 3.8) is 0 Å². The van der Waals surface area contributed by atoms with E-state index < -0.39 is 5.97 Å². The van der Waals surface area contributed by atoms with Gasteiger partial charge in [-0.3, -0.25) is 4.98 Å². The molecular weight excluding hydrogens is 322 g/mol. The third-order valence-electron chi connectivity index (χ3n) is 3.86. The van der Waals surface area contributed by atoms with Gasteiger partial charge in [0.1, 0.15) is 0 Å². The van der Waals surface area contributed by atoms with Gasteiger partial charge in [0.15, 0.2) is 0 Å². The monoisotopic (exact) mass is 337 g/mol. The summed E-state index contributed by atoms with van der Waals surface area (Å²) in [5, 5.41) is 10.0. The Labute approximate surface area is 145 Å². The van der Waals surface area contributed by atoms with Crippen LogP contribution >= 0.6 is 11.6 Å². The Hall–Kier alpha value is -2.65. The van der Waals surface area contributed by atoms with Crippen LogP contribution in [-0.4, -0.2) is 16.1 Å². The van der Waals surface area contributed by atoms with Crippen molar-refractivity contribution in [1.82, 2.24) is 4.98 Å². The van der Waals surface area contributed by atoms with Gasteiger partial charge in [0.05, 0.1) is 16.3 Å². The van der Waals surface area contributed by atoms with Crippen molar-refractivity contribution in [2.24, 2.45) is 0 Å². The molecule has 0 unspecified atom stereocenters. The number of hydrogen-bond acceptors (Lipinski definition) is 2. The zero-order valence-electron chi connectivity index (χ0n) is 13.2. The molecule has 0 amide bonds. The highest BCUT2D eigenvalue weighted by Gasteiger charge is 2.14. The second-order valence-electron chi connectivity index (χ2n) is 5.67. The van der Waals surface area contributed by atoms with Gasteiger partial charge in [-0.1, -0.05) is 59.6 Å². The first kappa shape index (κ1) is 16.2. The van der Waals surface area contributed by atoms with E-state index in [4.69, 9.17) is 11.6 Å². The minimum atomic E-state index is -0.926. The molecule has 1 N–H and O–H groups in total. The number of carboxylic acids is 1. The molecule has 1 aromatic heterocycles. The largest absolute Gasteiger partial charge is 0.478 e. The quantitative estimate of drug-likeness (QED) is 0.728. The predicted molar refractivity (Wildman–Crippen MR) is 95.6 cm³/mol. The fraction of sp³-hybridized carbons (Fsp3) is 0.100. The molecule has 0 saturated heterocycles. The van der Waals surface area contributed by atoms with E-state index in [0.29, 0.717) is 17.0 Å². The van der Waals surface area contributed by atoms with Gasteiger partial charge in [-0.25, -0.2) is 4.79 Å². The molecule has 120 valence electrons. The lowest BCUT2D eigenvalue weighted by Gasteiger charge is -2.12. The van der Waals surface area contributed by atoms with E-state index in [1.54, 1.807) is 12.3 Å². The summed E-state index contributed by atoms with van der Waals surface area (Å²) in [5.74, 6) is -0.926. The molecule has 0 aliphatic carbocycles. The Balaban J connectivity index is 2.08. The molecule has 24 heavy (non-hydrogen) atoms. The lowest BCUT2D eigenvalue weighted by Crippen LogP contribution is -2.05. The van der Waals surface area contributed by atoms with Crippen molar-refractivity contribution in [1.29, 1.82) is 0 Å². The van der Waals surface area contributed by atoms with Crippen LogP contribution in [0.4, 0.5) is 0 Å². The van der Waals surface area contributed by atoms with Crippen molar-refractivity contribution in [3.05, 3.63) is 88.1 Å². The maximum Gasteiger partial charge on any atom is 0.335 e. The van der Waals surface area contributed by atoms with Crippen molar-refractivity contribution in [2.45, 2.75) is 13.3 Å². The van der Waals surface area contributed by atoms with Crippen LogP contribution in [-0.2, 0) is 6.42 Å². The Kier molecular flexibility index (Phi) is 4.63. The molecule has 3 nitrogen and oxygen atoms in total. The van der Waals surface area contributed by atoms with Crippen molar-refractivity contribution >= 4 is 17.6 Å². The van der Waals surface area contributed by atoms with Gasteiger partial charge in [-0.15, -0.1) is 0 Å². The number of aryl methyl sites for hydroxylation is 1. The van der Waals surface area contributed by atoms with Gasteiger partial charge in [0, 0.05) is 18.2 Å². The smallest absolute Gasteiger partial charge is 0.335 e. The number of nitrogens with zero attached hydrogens (tertiary/aromatic N) is 1. The van der Waals surface area contributed by atoms with Crippen molar-refractivity contribution in [2.75, 3.05) is 0 Å². The van der Waals surface area contributed by atoms with E-state index in [1.807, 2.05) is 55.5 Å². The summed E-state index contributed by atoms with van der Waals surface area (Å²) < 4.78 is 0. The topological polar surface area (TPSA) is 50.2 Å². The van der Waals surface area contributed by atoms with E-state index in [1.165, 1.54) is 0 Å². The third-order valence-corrected chi connectivity index (χ3v) is 4.06. The molecule has 0 aliphatic heterocycles. The number of pyridine rings is 1. The predicted octanol–water partition coefficient (Wildman–Crippen LogP) is 5.00. The summed E-state index contributed by atoms with van der Waals surface area (Å²) in [6, 6.07) is 17.1. The van der Waals surface area contributed by atoms with Gasteiger partial charge in [0.2, 0.25) is 0 Å². The van der Waals surface area contributed by atoms with E-state index in [-0.39, 0.29) is 0 Å². The Morgan fingerprint density at radius 3 is 2.54 bits per heavy atom. The summed E-state index contributed by atoms with van der Waals surface area (Å²) in [4.78, 5) is 16.0. The first-order chi connectivity index (χ1) is 11.5. The highest BCUT2D eigenvalue weighted by molar-refractivity contribution is 6.30. The molecule has 0 bridgehead atoms. The maximum absolute atomic E-state index is 11.5. The van der Waals surface area contributed by atoms with Gasteiger partial charge in [0.25, 0.3) is 0 Å². The second kappa shape index (κ2) is 6.85. The Bertz CT molecular complexity index is 891. The first-order valence-corrected chi connectivity index (χ1v) is 7.95. The third kappa shape index (κ3) is 3.47. The molecule has 4 heteroatoms. The molecule has 0 atom stereocenters. The molecule has 0 radical (unpaired) electrons. The lowest BCUT2D eigenvalue weighted by molar-refractivity contribution is 0.0695. The number of carboxylic acid groups (broad SMARTS) is 1. The van der Waals surface area contributed by atoms with Crippen molar-refractivity contribution in [3.8, 4) is 11.3 Å². The van der Waals surface area contributed by atoms with Crippen LogP contribution in [0, 0.1) is 6.92 Å². The maximum atomic E-state index is 11.5. The number of hydrogen-bond donors (Lipinski definition) is 1. The van der Waals surface area contributed by atoms with Gasteiger partial charge in [-0.05, 0) is 30.2 Å². The zero-order chi connectivity index (χ0) is 17.1. The second-order valence-corrected chi connectivity index (χ2v) is 6.11. The highest BCUT2D eigenvalue weighted by atomic mass is 35.5. The standard InChI is InChI=1S/C20H16ClNO2/c1-13-7-8-15(18(9-13)20(23)24)10-16-11-17(21)12-22-19(16)14-5-3-2-4-6-14/h2-9,11-12H,10H2,1H3,(H,23,24). The van der Waals surface area contributed by atoms with E-state index in [0.717, 1.165) is 27.9 Å². The van der Waals surface area contributed by atoms with E-state index in [2.05, 4.69) is 4.98 Å². The molecule has 2 aromatic carbocycles. The molecule has 0 fully saturated rings. The molecule has 1 heterocycles. The molecule has 3 aromatic rings. The summed E-state index contributed by atoms with van der Waals surface area (Å²) in [6.07, 6.45) is 2.07. The number of rotatable bonds is 4. The Morgan fingerprint density at radius 1 is 1.08 bits per heavy atom. The summed E-state index contributed by atoms with van der Waals surface area (Å²) in [5.41, 5.74) is 4.68. The Morgan fingerprint density at radius 2 is 1.83 bits per heavy atom. The molecular formula is C20H16ClNO2. The van der Waals surface area contributed by atoms with Crippen LogP contribution in [0.1, 0.15) is 27.0 Å². The zero-order valence-corrected chi connectivity index (χ0v) is 13.9. The molecule has 0 aliphatic rings. The summed E-state index contributed by atoms with van der Waals surface area (Å²) in [6.45, 7) is 1.88. The number of benzene rings is 2. The van der Waals surface area contributed by atoms with Crippen LogP contribution in [0.15, 0.2) is 60.8 Å². The average molecular weight is 338 g/mol. The molecule has 0 spiro atoms. The van der Waals surface area contributed by atoms with Gasteiger partial charge >= 0.3 is 5.97 Å². The van der Waals surface area contributed by atoms with E-state index >= 15 is 0 Å². The van der Waals surface area contributed by atoms with E-state index in [9.17, 15) is 9.90 Å². The van der Waals surface area contributed by atoms with Crippen LogP contribution in [0.2, 0.25) is 5.02 Å². The number of aromatic nitrogens is 1. The SMILES string of the molecule is Cc1ccc(Cc2cc(Cl)cnc2-c2ccccc2)c(C(=O)O)c1. The summed E-state index contributed by atoms with van der Waals surface area (Å²) in [7, 11) is 0. The fourth-order valence-corrected chi connectivity index (χ4v) is 2.90. The van der Waals surface area contributed by atoms with Gasteiger partial charge < -0.3 is 5.11 Å². The van der Waals surface area contributed by atoms with Crippen LogP contribution in [0.25, 0.3) is 11.3 Å². The number of halogens is 1. The van der Waals surface area contributed by atoms with Crippen LogP contribution in [0.3, 0.4) is 0 Å². The van der Waals surface area contributed by atoms with Gasteiger partial charge in [-0.2, -0.15) is 0 Å². The van der Waals surface area contributed by atoms with Crippen LogP contribution < -0.4 is 0 Å². The summed E-state index contributed by atoms with van der Waals surface area (Å²) >= 11 is 6.12. The minimum Gasteiger partial charge on any atom is -0.478 e. The average Bonchev–Trinajstić information content (AvgIpc) is 2.57. The normalized spacial score (nSPS) is 10.6. The highest BCUT2D eigenvalue weighted by Crippen LogP contribution is 2.27. The minimum absolute atomic E-state index is 0.314.